The van der Waals surface area contributed by atoms with Crippen LogP contribution in [0.15, 0.2) is 0 Å². The highest BCUT2D eigenvalue weighted by molar-refractivity contribution is 5.91. The average Bonchev–Trinajstić information content (AvgIpc) is 3.28. The van der Waals surface area contributed by atoms with Crippen LogP contribution in [-0.2, 0) is 15.6 Å². The molecule has 5 heteroatoms. The van der Waals surface area contributed by atoms with E-state index in [9.17, 15) is 4.79 Å². The average molecular weight is 484 g/mol. The molecule has 35 heavy (non-hydrogen) atoms. The van der Waals surface area contributed by atoms with Gasteiger partial charge >= 0.3 is 0 Å². The van der Waals surface area contributed by atoms with E-state index in [1.54, 1.807) is 0 Å². The monoisotopic (exact) mass is 483 g/mol. The van der Waals surface area contributed by atoms with Crippen LogP contribution in [0.3, 0.4) is 0 Å². The van der Waals surface area contributed by atoms with Crippen LogP contribution in [0.5, 0.6) is 11.5 Å². The van der Waals surface area contributed by atoms with Gasteiger partial charge < -0.3 is 15.0 Å². The number of rotatable bonds is 4. The lowest BCUT2D eigenvalue weighted by molar-refractivity contribution is -0.267. The maximum atomic E-state index is 13.8. The van der Waals surface area contributed by atoms with E-state index >= 15 is 0 Å². The summed E-state index contributed by atoms with van der Waals surface area (Å²) >= 11 is 0. The van der Waals surface area contributed by atoms with Crippen molar-refractivity contribution in [2.24, 2.45) is 16.7 Å². The highest BCUT2D eigenvalue weighted by Crippen LogP contribution is 2.75. The van der Waals surface area contributed by atoms with Gasteiger partial charge in [-0.25, -0.2) is 0 Å². The number of hydrogen-bond acceptors (Lipinski definition) is 5. The Bertz CT molecular complexity index is 1230. The van der Waals surface area contributed by atoms with E-state index in [2.05, 4.69) is 67.2 Å². The molecule has 2 aliphatic heterocycles. The number of aromatic hydroxyl groups is 1. The molecule has 2 heterocycles. The van der Waals surface area contributed by atoms with Gasteiger partial charge in [-0.3, -0.25) is 9.69 Å². The van der Waals surface area contributed by atoms with Crippen molar-refractivity contribution in [1.29, 1.82) is 2.86 Å². The van der Waals surface area contributed by atoms with E-state index in [1.165, 1.54) is 12.0 Å². The van der Waals surface area contributed by atoms with Crippen LogP contribution < -0.4 is 4.74 Å². The number of benzene rings is 1. The van der Waals surface area contributed by atoms with Crippen molar-refractivity contribution in [1.82, 2.24) is 4.90 Å². The minimum Gasteiger partial charge on any atom is -0.504 e. The van der Waals surface area contributed by atoms with Crippen LogP contribution in [0.25, 0.3) is 0 Å². The molecule has 5 nitrogen and oxygen atoms in total. The fraction of sp³-hybridized carbons (Fsp3) is 0.767. The third kappa shape index (κ3) is 2.17. The standard InChI is InChI=1S/C30H43NO4/c1-14-13-28(14,10)18(5)31-17(4)27(8,9)30-21-20-15(2)16(3)22(33)23(21)35-24(30)19(32)11-12-29(30,34)25(31)26(20,6)7/h14,17-18,24-25,33-34H,11-13H2,1-10H3/t14?,17?,18?,24-,25+,28?,29+,30-/m0/s1/i34D/hD. The molecular formula is C30H43NO4. The first-order chi connectivity index (χ1) is 17.1. The summed E-state index contributed by atoms with van der Waals surface area (Å²) < 4.78 is 23.4. The normalized spacial score (nSPS) is 45.7. The van der Waals surface area contributed by atoms with Crippen molar-refractivity contribution >= 4 is 5.78 Å². The molecule has 2 saturated carbocycles. The number of carbonyl (C=O) groups is 1. The lowest BCUT2D eigenvalue weighted by atomic mass is 9.36. The van der Waals surface area contributed by atoms with E-state index < -0.39 is 27.9 Å². The number of likely N-dealkylation sites (tertiary alicyclic amines) is 1. The van der Waals surface area contributed by atoms with Crippen LogP contribution in [-0.4, -0.2) is 53.6 Å². The Morgan fingerprint density at radius 1 is 1.11 bits per heavy atom. The number of aliphatic hydroxyl groups is 1. The summed E-state index contributed by atoms with van der Waals surface area (Å²) in [6.45, 7) is 22.6. The van der Waals surface area contributed by atoms with Crippen LogP contribution in [0.4, 0.5) is 0 Å². The Labute approximate surface area is 213 Å². The van der Waals surface area contributed by atoms with E-state index in [4.69, 9.17) is 17.8 Å². The molecule has 6 rings (SSSR count). The van der Waals surface area contributed by atoms with Crippen LogP contribution in [0, 0.1) is 30.6 Å². The summed E-state index contributed by atoms with van der Waals surface area (Å²) in [6, 6.07) is 0.249. The highest BCUT2D eigenvalue weighted by Gasteiger charge is 2.83. The van der Waals surface area contributed by atoms with E-state index in [1.807, 2.05) is 6.92 Å². The predicted octanol–water partition coefficient (Wildman–Crippen LogP) is 4.93. The smallest absolute Gasteiger partial charge is 0.293 e. The summed E-state index contributed by atoms with van der Waals surface area (Å²) in [5.41, 5.74) is 1.60. The number of ketones is 1. The molecule has 3 fully saturated rings. The zero-order valence-corrected chi connectivity index (χ0v) is 23.1. The lowest BCUT2D eigenvalue weighted by Crippen LogP contribution is -2.87. The lowest BCUT2D eigenvalue weighted by Gasteiger charge is -2.75. The fourth-order valence-corrected chi connectivity index (χ4v) is 9.85. The molecule has 5 aliphatic rings. The number of Topliss-reactive ketones (excluding diaryl/α,β-unsaturated/α-hetero) is 1. The molecule has 192 valence electrons. The fourth-order valence-electron chi connectivity index (χ4n) is 9.85. The van der Waals surface area contributed by atoms with E-state index in [0.717, 1.165) is 16.7 Å². The number of piperidine rings is 1. The van der Waals surface area contributed by atoms with Crippen LogP contribution in [0.2, 0.25) is 0 Å². The third-order valence-electron chi connectivity index (χ3n) is 12.4. The Morgan fingerprint density at radius 3 is 2.34 bits per heavy atom. The summed E-state index contributed by atoms with van der Waals surface area (Å²) in [5.74, 6) is 1.61. The van der Waals surface area contributed by atoms with Crippen molar-refractivity contribution < 1.29 is 19.7 Å². The van der Waals surface area contributed by atoms with Crippen molar-refractivity contribution in [2.75, 3.05) is 0 Å². The second-order valence-corrected chi connectivity index (χ2v) is 14.1. The maximum absolute atomic E-state index is 13.8. The number of carbonyl (C=O) groups excluding carboxylic acids is 1. The molecule has 4 unspecified atom stereocenters. The second kappa shape index (κ2) is 6.27. The minimum atomic E-state index is -0.951. The van der Waals surface area contributed by atoms with Crippen molar-refractivity contribution in [3.05, 3.63) is 22.3 Å². The number of phenols is 1. The Balaban J connectivity index is 1.79. The zero-order chi connectivity index (χ0) is 27.2. The van der Waals surface area contributed by atoms with Crippen LogP contribution >= 0.6 is 0 Å². The molecule has 2 N–H and O–H groups in total. The first-order valence-corrected chi connectivity index (χ1v) is 13.5. The van der Waals surface area contributed by atoms with Gasteiger partial charge in [0.15, 0.2) is 23.4 Å². The Morgan fingerprint density at radius 2 is 1.77 bits per heavy atom. The molecule has 1 aromatic carbocycles. The summed E-state index contributed by atoms with van der Waals surface area (Å²) in [7, 11) is 0. The van der Waals surface area contributed by atoms with Gasteiger partial charge in [-0.05, 0) is 74.0 Å². The Hall–Kier alpha value is -1.59. The number of hydrogen-bond donors (Lipinski definition) is 2. The second-order valence-electron chi connectivity index (χ2n) is 14.1. The number of nitrogens with zero attached hydrogens (tertiary/aromatic N) is 1. The summed E-state index contributed by atoms with van der Waals surface area (Å²) in [6.07, 6.45) is 1.23. The van der Waals surface area contributed by atoms with Gasteiger partial charge in [0.05, 0.1) is 11.0 Å². The Kier molecular flexibility index (Phi) is 3.85. The topological polar surface area (TPSA) is 70.0 Å². The molecule has 8 atom stereocenters. The van der Waals surface area contributed by atoms with Gasteiger partial charge in [0, 0.05) is 35.5 Å². The number of ether oxygens (including phenoxy) is 1. The molecule has 3 aliphatic carbocycles. The van der Waals surface area contributed by atoms with Gasteiger partial charge in [0.25, 0.3) is 1.43 Å². The largest absolute Gasteiger partial charge is 0.504 e. The zero-order valence-electron chi connectivity index (χ0n) is 25.1. The highest BCUT2D eigenvalue weighted by atomic mass is 16.5. The van der Waals surface area contributed by atoms with E-state index in [-0.39, 0.29) is 29.3 Å². The van der Waals surface area contributed by atoms with Crippen LogP contribution in [0.1, 0.15) is 96.9 Å². The molecule has 1 saturated heterocycles. The molecule has 0 amide bonds. The third-order valence-corrected chi connectivity index (χ3v) is 12.4. The van der Waals surface area contributed by atoms with Gasteiger partial charge in [0.2, 0.25) is 1.43 Å². The molecule has 1 aromatic rings. The molecule has 0 aromatic heterocycles. The molecule has 0 radical (unpaired) electrons. The van der Waals surface area contributed by atoms with Gasteiger partial charge in [0.1, 0.15) is 0 Å². The minimum absolute atomic E-state index is 0.0593. The molecule has 2 bridgehead atoms. The molecule has 1 spiro atoms. The summed E-state index contributed by atoms with van der Waals surface area (Å²) in [4.78, 5) is 16.5. The summed E-state index contributed by atoms with van der Waals surface area (Å²) in [5, 5.41) is 11.4. The van der Waals surface area contributed by atoms with Gasteiger partial charge in [-0.15, -0.1) is 0 Å². The number of phenolic OH excluding ortho intramolecular Hbond substituents is 1. The first kappa shape index (κ1) is 21.5. The molecular weight excluding hydrogens is 438 g/mol. The predicted molar refractivity (Wildman–Crippen MR) is 136 cm³/mol. The van der Waals surface area contributed by atoms with Crippen molar-refractivity contribution in [2.45, 2.75) is 129 Å². The van der Waals surface area contributed by atoms with E-state index in [0.29, 0.717) is 30.3 Å². The van der Waals surface area contributed by atoms with Gasteiger partial charge in [-0.2, -0.15) is 0 Å². The van der Waals surface area contributed by atoms with Crippen molar-refractivity contribution in [3.8, 4) is 11.5 Å². The SMILES string of the molecule is [2H]Oc1c(C)c(C)c2c3c1O[C@H]1C(=O)CC[C@@]4(O[2H])[C@H](N(C(C)C5(C)CC5C)C(C)C(C)(C)[C@]314)C2(C)C. The maximum Gasteiger partial charge on any atom is 0.293 e. The quantitative estimate of drug-likeness (QED) is 0.636. The van der Waals surface area contributed by atoms with Gasteiger partial charge in [-0.1, -0.05) is 41.5 Å². The first-order valence-electron chi connectivity index (χ1n) is 14.4. The van der Waals surface area contributed by atoms with Crippen molar-refractivity contribution in [3.63, 3.8) is 0 Å².